The van der Waals surface area contributed by atoms with Gasteiger partial charge >= 0.3 is 0 Å². The van der Waals surface area contributed by atoms with Crippen molar-refractivity contribution < 1.29 is 4.39 Å². The van der Waals surface area contributed by atoms with E-state index in [4.69, 9.17) is 0 Å². The molecular weight excluding hydrogens is 343 g/mol. The van der Waals surface area contributed by atoms with Crippen LogP contribution in [0.2, 0.25) is 0 Å². The van der Waals surface area contributed by atoms with Crippen LogP contribution < -0.4 is 10.9 Å². The standard InChI is InChI=1S/C21H17FN4O/c1-14-12-16-8-11-24-20(25-13-15-6-9-23-10-7-15)19(16)21(27)26(14)18-4-2-17(22)3-5-18/h2-12H,13H2,1H3,(H,24,25). The Balaban J connectivity index is 1.83. The van der Waals surface area contributed by atoms with Crippen LogP contribution in [0.4, 0.5) is 10.2 Å². The van der Waals surface area contributed by atoms with Crippen LogP contribution >= 0.6 is 0 Å². The number of rotatable bonds is 4. The fraction of sp³-hybridized carbons (Fsp3) is 0.0952. The molecule has 4 aromatic rings. The number of fused-ring (bicyclic) bond motifs is 1. The first-order chi connectivity index (χ1) is 13.1. The van der Waals surface area contributed by atoms with E-state index in [9.17, 15) is 9.18 Å². The normalized spacial score (nSPS) is 10.9. The number of benzene rings is 1. The maximum absolute atomic E-state index is 13.3. The summed E-state index contributed by atoms with van der Waals surface area (Å²) in [4.78, 5) is 21.6. The minimum Gasteiger partial charge on any atom is -0.365 e. The largest absolute Gasteiger partial charge is 0.365 e. The molecule has 0 spiro atoms. The number of hydrogen-bond acceptors (Lipinski definition) is 4. The minimum absolute atomic E-state index is 0.193. The first-order valence-electron chi connectivity index (χ1n) is 8.53. The van der Waals surface area contributed by atoms with Gasteiger partial charge in [0.1, 0.15) is 11.6 Å². The number of aromatic nitrogens is 3. The van der Waals surface area contributed by atoms with Crippen molar-refractivity contribution >= 4 is 16.6 Å². The number of halogens is 1. The molecule has 0 unspecified atom stereocenters. The molecule has 4 rings (SSSR count). The Bertz CT molecular complexity index is 1150. The Labute approximate surface area is 155 Å². The van der Waals surface area contributed by atoms with Crippen LogP contribution in [0.15, 0.2) is 71.9 Å². The van der Waals surface area contributed by atoms with Crippen LogP contribution in [0.5, 0.6) is 0 Å². The highest BCUT2D eigenvalue weighted by Gasteiger charge is 2.13. The van der Waals surface area contributed by atoms with E-state index in [2.05, 4.69) is 15.3 Å². The molecule has 0 amide bonds. The lowest BCUT2D eigenvalue weighted by atomic mass is 10.1. The number of nitrogens with zero attached hydrogens (tertiary/aromatic N) is 3. The maximum Gasteiger partial charge on any atom is 0.266 e. The summed E-state index contributed by atoms with van der Waals surface area (Å²) >= 11 is 0. The van der Waals surface area contributed by atoms with Crippen molar-refractivity contribution in [1.29, 1.82) is 0 Å². The molecule has 0 bridgehead atoms. The number of hydrogen-bond donors (Lipinski definition) is 1. The molecular formula is C21H17FN4O. The summed E-state index contributed by atoms with van der Waals surface area (Å²) in [7, 11) is 0. The van der Waals surface area contributed by atoms with E-state index in [0.29, 0.717) is 23.4 Å². The zero-order valence-electron chi connectivity index (χ0n) is 14.7. The van der Waals surface area contributed by atoms with Crippen molar-refractivity contribution in [2.45, 2.75) is 13.5 Å². The van der Waals surface area contributed by atoms with Gasteiger partial charge in [0, 0.05) is 36.5 Å². The van der Waals surface area contributed by atoms with E-state index in [1.165, 1.54) is 12.1 Å². The highest BCUT2D eigenvalue weighted by atomic mass is 19.1. The summed E-state index contributed by atoms with van der Waals surface area (Å²) in [6, 6.07) is 13.4. The van der Waals surface area contributed by atoms with Crippen LogP contribution in [0.3, 0.4) is 0 Å². The quantitative estimate of drug-likeness (QED) is 0.601. The zero-order valence-corrected chi connectivity index (χ0v) is 14.7. The van der Waals surface area contributed by atoms with Crippen LogP contribution in [0.25, 0.3) is 16.5 Å². The lowest BCUT2D eigenvalue weighted by Crippen LogP contribution is -2.22. The minimum atomic E-state index is -0.341. The molecule has 0 aliphatic heterocycles. The second-order valence-electron chi connectivity index (χ2n) is 6.24. The van der Waals surface area contributed by atoms with E-state index < -0.39 is 0 Å². The Hall–Kier alpha value is -3.54. The van der Waals surface area contributed by atoms with Crippen LogP contribution in [0, 0.1) is 12.7 Å². The van der Waals surface area contributed by atoms with Crippen molar-refractivity contribution in [3.63, 3.8) is 0 Å². The molecule has 0 aliphatic rings. The van der Waals surface area contributed by atoms with E-state index in [0.717, 1.165) is 16.6 Å². The highest BCUT2D eigenvalue weighted by Crippen LogP contribution is 2.21. The number of aryl methyl sites for hydroxylation is 1. The molecule has 134 valence electrons. The van der Waals surface area contributed by atoms with Gasteiger partial charge in [-0.25, -0.2) is 9.37 Å². The van der Waals surface area contributed by atoms with Gasteiger partial charge in [0.15, 0.2) is 0 Å². The second-order valence-corrected chi connectivity index (χ2v) is 6.24. The lowest BCUT2D eigenvalue weighted by molar-refractivity contribution is 0.627. The number of nitrogens with one attached hydrogen (secondary N) is 1. The number of anilines is 1. The summed E-state index contributed by atoms with van der Waals surface area (Å²) in [5, 5.41) is 4.55. The second kappa shape index (κ2) is 6.99. The Morgan fingerprint density at radius 2 is 1.78 bits per heavy atom. The van der Waals surface area contributed by atoms with E-state index >= 15 is 0 Å². The highest BCUT2D eigenvalue weighted by molar-refractivity contribution is 5.91. The van der Waals surface area contributed by atoms with Gasteiger partial charge in [0.05, 0.1) is 5.39 Å². The molecule has 1 aromatic carbocycles. The van der Waals surface area contributed by atoms with Gasteiger partial charge in [0.25, 0.3) is 5.56 Å². The monoisotopic (exact) mass is 360 g/mol. The van der Waals surface area contributed by atoms with E-state index in [-0.39, 0.29) is 11.4 Å². The topological polar surface area (TPSA) is 59.8 Å². The van der Waals surface area contributed by atoms with Gasteiger partial charge in [0.2, 0.25) is 0 Å². The van der Waals surface area contributed by atoms with Gasteiger partial charge < -0.3 is 5.32 Å². The number of pyridine rings is 3. The fourth-order valence-corrected chi connectivity index (χ4v) is 3.11. The first-order valence-corrected chi connectivity index (χ1v) is 8.53. The lowest BCUT2D eigenvalue weighted by Gasteiger charge is -2.14. The molecule has 6 heteroatoms. The third-order valence-corrected chi connectivity index (χ3v) is 4.41. The van der Waals surface area contributed by atoms with Crippen LogP contribution in [0.1, 0.15) is 11.3 Å². The van der Waals surface area contributed by atoms with Gasteiger partial charge in [-0.15, -0.1) is 0 Å². The first kappa shape index (κ1) is 16.9. The molecule has 1 N–H and O–H groups in total. The van der Waals surface area contributed by atoms with Crippen molar-refractivity contribution in [2.24, 2.45) is 0 Å². The maximum atomic E-state index is 13.3. The summed E-state index contributed by atoms with van der Waals surface area (Å²) in [6.45, 7) is 2.38. The molecule has 27 heavy (non-hydrogen) atoms. The van der Waals surface area contributed by atoms with Crippen molar-refractivity contribution in [2.75, 3.05) is 5.32 Å². The van der Waals surface area contributed by atoms with Gasteiger partial charge in [-0.2, -0.15) is 0 Å². The van der Waals surface area contributed by atoms with Gasteiger partial charge in [-0.1, -0.05) is 0 Å². The van der Waals surface area contributed by atoms with Crippen molar-refractivity contribution in [1.82, 2.24) is 14.5 Å². The Kier molecular flexibility index (Phi) is 4.38. The van der Waals surface area contributed by atoms with Crippen molar-refractivity contribution in [3.8, 4) is 5.69 Å². The Morgan fingerprint density at radius 3 is 2.52 bits per heavy atom. The summed E-state index contributed by atoms with van der Waals surface area (Å²) in [6.07, 6.45) is 5.12. The molecule has 0 radical (unpaired) electrons. The Morgan fingerprint density at radius 1 is 1.04 bits per heavy atom. The average Bonchev–Trinajstić information content (AvgIpc) is 2.68. The van der Waals surface area contributed by atoms with Gasteiger partial charge in [-0.05, 0) is 66.4 Å². The summed E-state index contributed by atoms with van der Waals surface area (Å²) in [5.74, 6) is 0.178. The van der Waals surface area contributed by atoms with Crippen molar-refractivity contribution in [3.05, 3.63) is 94.5 Å². The molecule has 0 saturated heterocycles. The smallest absolute Gasteiger partial charge is 0.266 e. The third-order valence-electron chi connectivity index (χ3n) is 4.41. The molecule has 3 heterocycles. The summed E-state index contributed by atoms with van der Waals surface area (Å²) < 4.78 is 14.8. The summed E-state index contributed by atoms with van der Waals surface area (Å²) in [5.41, 5.74) is 2.23. The average molecular weight is 360 g/mol. The molecule has 3 aromatic heterocycles. The molecule has 0 saturated carbocycles. The van der Waals surface area contributed by atoms with Crippen LogP contribution in [-0.4, -0.2) is 14.5 Å². The third kappa shape index (κ3) is 3.29. The molecule has 0 aliphatic carbocycles. The van der Waals surface area contributed by atoms with Crippen LogP contribution in [-0.2, 0) is 6.54 Å². The predicted molar refractivity (Wildman–Crippen MR) is 104 cm³/mol. The van der Waals surface area contributed by atoms with E-state index in [1.807, 2.05) is 31.2 Å². The molecule has 0 fully saturated rings. The van der Waals surface area contributed by atoms with Gasteiger partial charge in [-0.3, -0.25) is 14.3 Å². The molecule has 0 atom stereocenters. The SMILES string of the molecule is Cc1cc2ccnc(NCc3ccncc3)c2c(=O)n1-c1ccc(F)cc1. The predicted octanol–water partition coefficient (Wildman–Crippen LogP) is 3.84. The van der Waals surface area contributed by atoms with E-state index in [1.54, 1.807) is 35.3 Å². The fourth-order valence-electron chi connectivity index (χ4n) is 3.11. The molecule has 5 nitrogen and oxygen atoms in total. The zero-order chi connectivity index (χ0) is 18.8.